The zero-order valence-electron chi connectivity index (χ0n) is 9.35. The van der Waals surface area contributed by atoms with Gasteiger partial charge in [0.2, 0.25) is 0 Å². The maximum Gasteiger partial charge on any atom is 0.407 e. The van der Waals surface area contributed by atoms with Crippen LogP contribution in [-0.4, -0.2) is 11.2 Å². The fourth-order valence-electron chi connectivity index (χ4n) is 1.61. The van der Waals surface area contributed by atoms with Crippen LogP contribution in [0.5, 0.6) is 0 Å². The Morgan fingerprint density at radius 2 is 1.67 bits per heavy atom. The van der Waals surface area contributed by atoms with E-state index in [-0.39, 0.29) is 5.56 Å². The third-order valence-electron chi connectivity index (χ3n) is 2.62. The lowest BCUT2D eigenvalue weighted by Crippen LogP contribution is -2.28. The van der Waals surface area contributed by atoms with E-state index in [0.29, 0.717) is 0 Å². The van der Waals surface area contributed by atoms with Gasteiger partial charge in [-0.15, -0.1) is 0 Å². The smallest absolute Gasteiger partial charge is 0.316 e. The highest BCUT2D eigenvalue weighted by Gasteiger charge is 2.37. The van der Waals surface area contributed by atoms with Crippen molar-refractivity contribution in [2.75, 3.05) is 0 Å². The van der Waals surface area contributed by atoms with E-state index in [4.69, 9.17) is 5.73 Å². The Hall–Kier alpha value is -1.88. The molecule has 0 unspecified atom stereocenters. The minimum atomic E-state index is -4.42. The summed E-state index contributed by atoms with van der Waals surface area (Å²) < 4.78 is 37.3. The molecule has 1 atom stereocenters. The van der Waals surface area contributed by atoms with Crippen molar-refractivity contribution in [2.24, 2.45) is 5.73 Å². The molecule has 0 saturated carbocycles. The van der Waals surface area contributed by atoms with Crippen molar-refractivity contribution in [3.63, 3.8) is 0 Å². The number of benzene rings is 1. The quantitative estimate of drug-likeness (QED) is 0.890. The number of hydrogen-bond donors (Lipinski definition) is 1. The molecule has 1 heterocycles. The van der Waals surface area contributed by atoms with Crippen molar-refractivity contribution in [1.82, 2.24) is 4.98 Å². The van der Waals surface area contributed by atoms with E-state index < -0.39 is 12.2 Å². The van der Waals surface area contributed by atoms with Crippen LogP contribution in [0.25, 0.3) is 11.1 Å². The van der Waals surface area contributed by atoms with Crippen LogP contribution in [0.15, 0.2) is 48.8 Å². The van der Waals surface area contributed by atoms with Gasteiger partial charge in [0.1, 0.15) is 6.04 Å². The highest BCUT2D eigenvalue weighted by atomic mass is 19.4. The summed E-state index contributed by atoms with van der Waals surface area (Å²) in [5.74, 6) is 0. The Labute approximate surface area is 102 Å². The normalized spacial score (nSPS) is 13.3. The van der Waals surface area contributed by atoms with Crippen molar-refractivity contribution in [2.45, 2.75) is 12.2 Å². The molecule has 0 aliphatic carbocycles. The molecule has 2 nitrogen and oxygen atoms in total. The molecule has 5 heteroatoms. The molecule has 0 spiro atoms. The summed E-state index contributed by atoms with van der Waals surface area (Å²) in [6.07, 6.45) is -1.13. The second kappa shape index (κ2) is 4.78. The van der Waals surface area contributed by atoms with E-state index in [0.717, 1.165) is 11.1 Å². The average molecular weight is 252 g/mol. The summed E-state index contributed by atoms with van der Waals surface area (Å²) in [4.78, 5) is 3.95. The van der Waals surface area contributed by atoms with Gasteiger partial charge in [0.05, 0.1) is 0 Å². The van der Waals surface area contributed by atoms with E-state index in [2.05, 4.69) is 4.98 Å². The molecule has 0 amide bonds. The predicted molar refractivity (Wildman–Crippen MR) is 62.7 cm³/mol. The number of nitrogens with two attached hydrogens (primary N) is 1. The molecule has 94 valence electrons. The number of hydrogen-bond acceptors (Lipinski definition) is 2. The van der Waals surface area contributed by atoms with Gasteiger partial charge < -0.3 is 5.73 Å². The minimum Gasteiger partial charge on any atom is -0.316 e. The first-order valence-corrected chi connectivity index (χ1v) is 5.31. The van der Waals surface area contributed by atoms with E-state index in [1.165, 1.54) is 12.1 Å². The predicted octanol–water partition coefficient (Wildman–Crippen LogP) is 3.31. The van der Waals surface area contributed by atoms with E-state index in [9.17, 15) is 13.2 Å². The second-order valence-corrected chi connectivity index (χ2v) is 3.88. The Morgan fingerprint density at radius 1 is 1.00 bits per heavy atom. The van der Waals surface area contributed by atoms with Gasteiger partial charge in [-0.3, -0.25) is 4.98 Å². The molecule has 1 aromatic carbocycles. The Kier molecular flexibility index (Phi) is 3.34. The molecule has 1 aromatic heterocycles. The van der Waals surface area contributed by atoms with Crippen LogP contribution in [0.1, 0.15) is 11.6 Å². The van der Waals surface area contributed by atoms with Crippen LogP contribution in [0.3, 0.4) is 0 Å². The summed E-state index contributed by atoms with van der Waals surface area (Å²) in [5.41, 5.74) is 6.83. The highest BCUT2D eigenvalue weighted by molar-refractivity contribution is 5.62. The molecule has 18 heavy (non-hydrogen) atoms. The lowest BCUT2D eigenvalue weighted by Gasteiger charge is -2.16. The van der Waals surface area contributed by atoms with Gasteiger partial charge in [0, 0.05) is 12.4 Å². The number of nitrogens with zero attached hydrogens (tertiary/aromatic N) is 1. The first kappa shape index (κ1) is 12.6. The van der Waals surface area contributed by atoms with Gasteiger partial charge in [-0.25, -0.2) is 0 Å². The van der Waals surface area contributed by atoms with Crippen molar-refractivity contribution in [3.05, 3.63) is 54.4 Å². The average Bonchev–Trinajstić information content (AvgIpc) is 2.38. The van der Waals surface area contributed by atoms with Crippen LogP contribution < -0.4 is 5.73 Å². The Morgan fingerprint density at radius 3 is 2.17 bits per heavy atom. The van der Waals surface area contributed by atoms with Gasteiger partial charge >= 0.3 is 6.18 Å². The third-order valence-corrected chi connectivity index (χ3v) is 2.62. The number of rotatable bonds is 2. The van der Waals surface area contributed by atoms with E-state index in [1.807, 2.05) is 6.07 Å². The van der Waals surface area contributed by atoms with Gasteiger partial charge in [-0.2, -0.15) is 13.2 Å². The lowest BCUT2D eigenvalue weighted by atomic mass is 10.0. The SMILES string of the molecule is N[C@@H](c1ccc(-c2cccnc2)cc1)C(F)(F)F. The summed E-state index contributed by atoms with van der Waals surface area (Å²) in [7, 11) is 0. The van der Waals surface area contributed by atoms with Gasteiger partial charge in [0.15, 0.2) is 0 Å². The second-order valence-electron chi connectivity index (χ2n) is 3.88. The van der Waals surface area contributed by atoms with Crippen molar-refractivity contribution < 1.29 is 13.2 Å². The standard InChI is InChI=1S/C13H11F3N2/c14-13(15,16)12(17)10-5-3-9(4-6-10)11-2-1-7-18-8-11/h1-8,12H,17H2/t12-/m0/s1. The maximum absolute atomic E-state index is 12.4. The largest absolute Gasteiger partial charge is 0.407 e. The minimum absolute atomic E-state index is 0.0511. The van der Waals surface area contributed by atoms with Gasteiger partial charge in [0.25, 0.3) is 0 Å². The molecular formula is C13H11F3N2. The Balaban J connectivity index is 2.26. The molecule has 0 radical (unpaired) electrons. The highest BCUT2D eigenvalue weighted by Crippen LogP contribution is 2.31. The van der Waals surface area contributed by atoms with Crippen LogP contribution in [0.4, 0.5) is 13.2 Å². The van der Waals surface area contributed by atoms with E-state index >= 15 is 0 Å². The van der Waals surface area contributed by atoms with Crippen LogP contribution in [0.2, 0.25) is 0 Å². The molecule has 2 N–H and O–H groups in total. The van der Waals surface area contributed by atoms with Crippen molar-refractivity contribution >= 4 is 0 Å². The van der Waals surface area contributed by atoms with Gasteiger partial charge in [-0.1, -0.05) is 30.3 Å². The molecule has 0 bridgehead atoms. The van der Waals surface area contributed by atoms with E-state index in [1.54, 1.807) is 30.6 Å². The van der Waals surface area contributed by atoms with Gasteiger partial charge in [-0.05, 0) is 22.8 Å². The molecule has 0 saturated heterocycles. The van der Waals surface area contributed by atoms with Crippen molar-refractivity contribution in [3.8, 4) is 11.1 Å². The molecular weight excluding hydrogens is 241 g/mol. The zero-order valence-corrected chi connectivity index (χ0v) is 9.35. The molecule has 0 aliphatic rings. The molecule has 2 aromatic rings. The maximum atomic E-state index is 12.4. The fourth-order valence-corrected chi connectivity index (χ4v) is 1.61. The topological polar surface area (TPSA) is 38.9 Å². The molecule has 2 rings (SSSR count). The number of aromatic nitrogens is 1. The lowest BCUT2D eigenvalue weighted by molar-refractivity contribution is -0.149. The summed E-state index contributed by atoms with van der Waals surface area (Å²) in [6.45, 7) is 0. The third kappa shape index (κ3) is 2.68. The summed E-state index contributed by atoms with van der Waals surface area (Å²) in [6, 6.07) is 7.66. The van der Waals surface area contributed by atoms with Crippen LogP contribution in [0, 0.1) is 0 Å². The molecule has 0 fully saturated rings. The Bertz CT molecular complexity index is 506. The first-order chi connectivity index (χ1) is 8.48. The zero-order chi connectivity index (χ0) is 13.2. The molecule has 0 aliphatic heterocycles. The number of alkyl halides is 3. The van der Waals surface area contributed by atoms with Crippen molar-refractivity contribution in [1.29, 1.82) is 0 Å². The summed E-state index contributed by atoms with van der Waals surface area (Å²) in [5, 5.41) is 0. The van der Waals surface area contributed by atoms with Crippen LogP contribution >= 0.6 is 0 Å². The summed E-state index contributed by atoms with van der Waals surface area (Å²) >= 11 is 0. The number of halogens is 3. The number of pyridine rings is 1. The fraction of sp³-hybridized carbons (Fsp3) is 0.154. The monoisotopic (exact) mass is 252 g/mol. The first-order valence-electron chi connectivity index (χ1n) is 5.31. The van der Waals surface area contributed by atoms with Crippen LogP contribution in [-0.2, 0) is 0 Å².